The smallest absolute Gasteiger partial charge is 0.328 e. The molecule has 3 amide bonds. The first-order valence-electron chi connectivity index (χ1n) is 13.0. The number of nitrogens with one attached hydrogen (secondary N) is 2. The first-order chi connectivity index (χ1) is 19.4. The Balaban J connectivity index is 0.00000616. The van der Waals surface area contributed by atoms with Crippen LogP contribution in [0.5, 0.6) is 0 Å². The van der Waals surface area contributed by atoms with Crippen molar-refractivity contribution < 1.29 is 33.4 Å². The van der Waals surface area contributed by atoms with E-state index < -0.39 is 47.9 Å². The lowest BCUT2D eigenvalue weighted by Gasteiger charge is -2.40. The number of amidine groups is 1. The van der Waals surface area contributed by atoms with Crippen LogP contribution in [0.2, 0.25) is 0 Å². The molecule has 3 rings (SSSR count). The van der Waals surface area contributed by atoms with Crippen LogP contribution in [0.1, 0.15) is 42.3 Å². The van der Waals surface area contributed by atoms with Gasteiger partial charge in [-0.15, -0.1) is 12.4 Å². The van der Waals surface area contributed by atoms with Gasteiger partial charge in [-0.3, -0.25) is 29.4 Å². The second-order valence-electron chi connectivity index (χ2n) is 10.5. The quantitative estimate of drug-likeness (QED) is 0.159. The second kappa shape index (κ2) is 15.0. The van der Waals surface area contributed by atoms with Crippen molar-refractivity contribution in [3.63, 3.8) is 0 Å². The molecule has 0 spiro atoms. The fraction of sp³-hybridized carbons (Fsp3) is 0.379. The molecule has 1 fully saturated rings. The maximum atomic E-state index is 13.5. The number of rotatable bonds is 10. The summed E-state index contributed by atoms with van der Waals surface area (Å²) < 4.78 is 9.94. The van der Waals surface area contributed by atoms with Gasteiger partial charge < -0.3 is 30.3 Å². The standard InChI is InChI=1S/C29H35N5O7.ClH/c1-29(2,3)28(39)41-18-40-24(36)17-33-13-14-34(22(27(33)38)15-19-7-5-4-6-8-19)23(35)16-32-26(37)21-11-9-20(10-12-21)25(30)31;/h4-12,22H,13-18H2,1-3H3,(H3,30,31)(H,32,37);1H/t22-;/m0./s1. The molecule has 1 heterocycles. The summed E-state index contributed by atoms with van der Waals surface area (Å²) in [6.45, 7) is 3.95. The van der Waals surface area contributed by atoms with Crippen LogP contribution in [0.25, 0.3) is 0 Å². The fourth-order valence-electron chi connectivity index (χ4n) is 4.06. The third kappa shape index (κ3) is 9.30. The number of benzene rings is 2. The molecule has 226 valence electrons. The van der Waals surface area contributed by atoms with Crippen LogP contribution in [-0.2, 0) is 35.1 Å². The predicted octanol–water partition coefficient (Wildman–Crippen LogP) is 1.49. The van der Waals surface area contributed by atoms with Crippen molar-refractivity contribution in [1.82, 2.24) is 15.1 Å². The molecule has 0 bridgehead atoms. The van der Waals surface area contributed by atoms with E-state index in [4.69, 9.17) is 20.6 Å². The van der Waals surface area contributed by atoms with Gasteiger partial charge in [0, 0.05) is 30.6 Å². The van der Waals surface area contributed by atoms with Crippen LogP contribution >= 0.6 is 12.4 Å². The summed E-state index contributed by atoms with van der Waals surface area (Å²) in [6, 6.07) is 14.3. The molecule has 1 saturated heterocycles. The van der Waals surface area contributed by atoms with Gasteiger partial charge >= 0.3 is 11.9 Å². The van der Waals surface area contributed by atoms with Gasteiger partial charge in [0.1, 0.15) is 18.4 Å². The van der Waals surface area contributed by atoms with Crippen LogP contribution in [0.15, 0.2) is 54.6 Å². The van der Waals surface area contributed by atoms with E-state index in [1.165, 1.54) is 34.1 Å². The Hall–Kier alpha value is -4.45. The molecule has 0 saturated carbocycles. The van der Waals surface area contributed by atoms with Crippen molar-refractivity contribution in [1.29, 1.82) is 5.41 Å². The third-order valence-electron chi connectivity index (χ3n) is 6.38. The van der Waals surface area contributed by atoms with Gasteiger partial charge in [-0.25, -0.2) is 0 Å². The van der Waals surface area contributed by atoms with Gasteiger partial charge in [0.05, 0.1) is 12.0 Å². The number of halogens is 1. The van der Waals surface area contributed by atoms with E-state index in [1.54, 1.807) is 20.8 Å². The van der Waals surface area contributed by atoms with Crippen molar-refractivity contribution in [2.75, 3.05) is 33.0 Å². The SMILES string of the molecule is CC(C)(C)C(=O)OCOC(=O)CN1CCN(C(=O)CNC(=O)c2ccc(C(=N)N)cc2)[C@@H](Cc2ccccc2)C1=O.Cl. The van der Waals surface area contributed by atoms with E-state index >= 15 is 0 Å². The summed E-state index contributed by atoms with van der Waals surface area (Å²) in [6.07, 6.45) is 0.209. The number of carbonyl (C=O) groups excluding carboxylic acids is 5. The lowest BCUT2D eigenvalue weighted by atomic mass is 9.98. The molecule has 0 radical (unpaired) electrons. The maximum absolute atomic E-state index is 13.5. The Bertz CT molecular complexity index is 1300. The van der Waals surface area contributed by atoms with Crippen LogP contribution in [0.4, 0.5) is 0 Å². The number of amides is 3. The molecule has 0 aliphatic carbocycles. The molecular formula is C29H36ClN5O7. The average molecular weight is 602 g/mol. The van der Waals surface area contributed by atoms with Gasteiger partial charge in [-0.05, 0) is 38.5 Å². The van der Waals surface area contributed by atoms with Gasteiger partial charge in [-0.1, -0.05) is 42.5 Å². The second-order valence-corrected chi connectivity index (χ2v) is 10.5. The number of hydrogen-bond acceptors (Lipinski definition) is 8. The van der Waals surface area contributed by atoms with Gasteiger partial charge in [-0.2, -0.15) is 0 Å². The summed E-state index contributed by atoms with van der Waals surface area (Å²) in [5, 5.41) is 10.0. The zero-order valence-corrected chi connectivity index (χ0v) is 24.6. The minimum absolute atomic E-state index is 0. The minimum atomic E-state index is -0.906. The lowest BCUT2D eigenvalue weighted by Crippen LogP contribution is -2.61. The van der Waals surface area contributed by atoms with Crippen LogP contribution in [0.3, 0.4) is 0 Å². The van der Waals surface area contributed by atoms with Crippen LogP contribution < -0.4 is 11.1 Å². The Labute approximate surface area is 250 Å². The zero-order valence-electron chi connectivity index (χ0n) is 23.8. The summed E-state index contributed by atoms with van der Waals surface area (Å²) in [5.41, 5.74) is 6.26. The van der Waals surface area contributed by atoms with Gasteiger partial charge in [0.15, 0.2) is 0 Å². The number of esters is 2. The average Bonchev–Trinajstić information content (AvgIpc) is 2.93. The number of ether oxygens (including phenoxy) is 2. The Morgan fingerprint density at radius 1 is 0.976 bits per heavy atom. The zero-order chi connectivity index (χ0) is 30.2. The van der Waals surface area contributed by atoms with E-state index in [2.05, 4.69) is 5.32 Å². The van der Waals surface area contributed by atoms with E-state index in [0.29, 0.717) is 5.56 Å². The molecule has 12 nitrogen and oxygen atoms in total. The highest BCUT2D eigenvalue weighted by Crippen LogP contribution is 2.18. The first-order valence-corrected chi connectivity index (χ1v) is 13.0. The molecule has 2 aromatic rings. The molecule has 0 unspecified atom stereocenters. The molecule has 2 aromatic carbocycles. The monoisotopic (exact) mass is 601 g/mol. The van der Waals surface area contributed by atoms with E-state index in [1.807, 2.05) is 30.3 Å². The fourth-order valence-corrected chi connectivity index (χ4v) is 4.06. The Morgan fingerprint density at radius 3 is 2.19 bits per heavy atom. The van der Waals surface area contributed by atoms with Crippen molar-refractivity contribution >= 4 is 47.9 Å². The topological polar surface area (TPSA) is 172 Å². The molecule has 1 aliphatic rings. The first kappa shape index (κ1) is 33.8. The highest BCUT2D eigenvalue weighted by Gasteiger charge is 2.38. The molecule has 42 heavy (non-hydrogen) atoms. The van der Waals surface area contributed by atoms with Crippen molar-refractivity contribution in [2.45, 2.75) is 33.2 Å². The largest absolute Gasteiger partial charge is 0.427 e. The third-order valence-corrected chi connectivity index (χ3v) is 6.38. The molecule has 13 heteroatoms. The predicted molar refractivity (Wildman–Crippen MR) is 156 cm³/mol. The van der Waals surface area contributed by atoms with E-state index in [-0.39, 0.29) is 56.4 Å². The normalized spacial score (nSPS) is 14.8. The summed E-state index contributed by atoms with van der Waals surface area (Å²) in [7, 11) is 0. The molecular weight excluding hydrogens is 566 g/mol. The summed E-state index contributed by atoms with van der Waals surface area (Å²) >= 11 is 0. The molecule has 1 aliphatic heterocycles. The number of nitrogen functional groups attached to an aromatic ring is 1. The minimum Gasteiger partial charge on any atom is -0.427 e. The summed E-state index contributed by atoms with van der Waals surface area (Å²) in [4.78, 5) is 66.2. The highest BCUT2D eigenvalue weighted by molar-refractivity contribution is 5.99. The van der Waals surface area contributed by atoms with Gasteiger partial charge in [0.25, 0.3) is 5.91 Å². The van der Waals surface area contributed by atoms with E-state index in [0.717, 1.165) is 5.56 Å². The maximum Gasteiger partial charge on any atom is 0.328 e. The number of nitrogens with two attached hydrogens (primary N) is 1. The van der Waals surface area contributed by atoms with E-state index in [9.17, 15) is 24.0 Å². The molecule has 4 N–H and O–H groups in total. The molecule has 1 atom stereocenters. The lowest BCUT2D eigenvalue weighted by molar-refractivity contribution is -0.175. The molecule has 0 aromatic heterocycles. The van der Waals surface area contributed by atoms with Crippen molar-refractivity contribution in [2.24, 2.45) is 11.1 Å². The highest BCUT2D eigenvalue weighted by atomic mass is 35.5. The Kier molecular flexibility index (Phi) is 12.0. The van der Waals surface area contributed by atoms with Crippen molar-refractivity contribution in [3.8, 4) is 0 Å². The number of piperazine rings is 1. The Morgan fingerprint density at radius 2 is 1.60 bits per heavy atom. The van der Waals surface area contributed by atoms with Crippen LogP contribution in [0, 0.1) is 10.8 Å². The number of hydrogen-bond donors (Lipinski definition) is 3. The number of carbonyl (C=O) groups is 5. The number of nitrogens with zero attached hydrogens (tertiary/aromatic N) is 2. The van der Waals surface area contributed by atoms with Crippen LogP contribution in [-0.4, -0.2) is 84.3 Å². The van der Waals surface area contributed by atoms with Crippen molar-refractivity contribution in [3.05, 3.63) is 71.3 Å². The summed E-state index contributed by atoms with van der Waals surface area (Å²) in [5.74, 6) is -2.80. The van der Waals surface area contributed by atoms with Gasteiger partial charge in [0.2, 0.25) is 18.6 Å².